The number of aromatic nitrogens is 3. The van der Waals surface area contributed by atoms with E-state index in [0.717, 1.165) is 64.4 Å². The van der Waals surface area contributed by atoms with E-state index in [1.54, 1.807) is 6.20 Å². The Hall–Kier alpha value is -3.74. The molecule has 0 amide bonds. The van der Waals surface area contributed by atoms with Gasteiger partial charge in [0.05, 0.1) is 45.4 Å². The number of para-hydroxylation sites is 2. The number of pyridine rings is 1. The third kappa shape index (κ3) is 5.22. The molecule has 1 N–H and O–H groups in total. The molecule has 3 aliphatic rings. The van der Waals surface area contributed by atoms with Crippen molar-refractivity contribution in [3.05, 3.63) is 95.6 Å². The zero-order valence-corrected chi connectivity index (χ0v) is 21.4. The molecule has 0 bridgehead atoms. The molecule has 0 saturated carbocycles. The van der Waals surface area contributed by atoms with E-state index in [1.807, 2.05) is 60.8 Å². The third-order valence-corrected chi connectivity index (χ3v) is 7.09. The van der Waals surface area contributed by atoms with Gasteiger partial charge in [0.25, 0.3) is 0 Å². The molecule has 6 nitrogen and oxygen atoms in total. The van der Waals surface area contributed by atoms with Crippen LogP contribution in [0.5, 0.6) is 0 Å². The Labute approximate surface area is 221 Å². The van der Waals surface area contributed by atoms with Crippen LogP contribution in [0.3, 0.4) is 0 Å². The van der Waals surface area contributed by atoms with Crippen molar-refractivity contribution in [1.29, 1.82) is 0 Å². The van der Waals surface area contributed by atoms with E-state index in [-0.39, 0.29) is 0 Å². The summed E-state index contributed by atoms with van der Waals surface area (Å²) in [7, 11) is 0. The van der Waals surface area contributed by atoms with Crippen molar-refractivity contribution in [2.45, 2.75) is 19.3 Å². The molecule has 1 fully saturated rings. The highest BCUT2D eigenvalue weighted by atomic mass is 35.5. The van der Waals surface area contributed by atoms with E-state index in [9.17, 15) is 0 Å². The molecule has 0 radical (unpaired) electrons. The summed E-state index contributed by atoms with van der Waals surface area (Å²) in [5.74, 6) is 0. The van der Waals surface area contributed by atoms with Crippen molar-refractivity contribution in [1.82, 2.24) is 19.4 Å². The van der Waals surface area contributed by atoms with Gasteiger partial charge in [-0.1, -0.05) is 23.7 Å². The first-order valence-electron chi connectivity index (χ1n) is 12.9. The molecule has 3 heterocycles. The minimum absolute atomic E-state index is 0.712. The normalized spacial score (nSPS) is 14.6. The lowest BCUT2D eigenvalue weighted by Gasteiger charge is -2.20. The first-order valence-corrected chi connectivity index (χ1v) is 13.2. The van der Waals surface area contributed by atoms with Gasteiger partial charge in [-0.25, -0.2) is 4.98 Å². The van der Waals surface area contributed by atoms with Crippen LogP contribution in [0.2, 0.25) is 5.02 Å². The molecule has 37 heavy (non-hydrogen) atoms. The number of likely N-dealkylation sites (tertiary alicyclic amines) is 1. The lowest BCUT2D eigenvalue weighted by Crippen LogP contribution is -2.21. The average Bonchev–Trinajstić information content (AvgIpc) is 3.45. The fraction of sp³-hybridized carbons (Fsp3) is 0.233. The summed E-state index contributed by atoms with van der Waals surface area (Å²) in [6, 6.07) is 24.3. The molecular formula is C30H29ClN6. The average molecular weight is 509 g/mol. The molecule has 0 unspecified atom stereocenters. The smallest absolute Gasteiger partial charge is 0.0900 e. The molecule has 3 aromatic rings. The van der Waals surface area contributed by atoms with Crippen LogP contribution in [0.4, 0.5) is 11.4 Å². The topological polar surface area (TPSA) is 58.3 Å². The molecule has 2 aromatic carbocycles. The highest BCUT2D eigenvalue weighted by Gasteiger charge is 2.17. The van der Waals surface area contributed by atoms with Gasteiger partial charge in [-0.15, -0.1) is 0 Å². The van der Waals surface area contributed by atoms with Crippen LogP contribution in [0.1, 0.15) is 19.3 Å². The summed E-state index contributed by atoms with van der Waals surface area (Å²) in [4.78, 5) is 16.9. The second-order valence-electron chi connectivity index (χ2n) is 9.42. The molecule has 2 aliphatic heterocycles. The number of benzene rings is 3. The standard InChI is InChI=1S/C30H29ClN6/c31-22-10-12-24(13-11-22)37-29-9-2-1-8-25(29)35-28-19-27(34-23-7-5-14-32-21-23)26(20-30(28)37)33-15-6-18-36-16-3-4-17-36/h1-2,5,7-14,19-21,34H,3-4,6,15-18H2. The maximum absolute atomic E-state index is 6.22. The van der Waals surface area contributed by atoms with Gasteiger partial charge in [0, 0.05) is 23.5 Å². The van der Waals surface area contributed by atoms with E-state index in [1.165, 1.54) is 25.9 Å². The predicted octanol–water partition coefficient (Wildman–Crippen LogP) is 6.31. The molecule has 0 atom stereocenters. The number of anilines is 2. The zero-order valence-electron chi connectivity index (χ0n) is 20.6. The van der Waals surface area contributed by atoms with Crippen LogP contribution < -0.4 is 10.7 Å². The molecule has 1 aliphatic carbocycles. The van der Waals surface area contributed by atoms with Gasteiger partial charge in [-0.05, 0) is 99.6 Å². The Morgan fingerprint density at radius 2 is 1.78 bits per heavy atom. The maximum atomic E-state index is 6.22. The Kier molecular flexibility index (Phi) is 6.84. The first kappa shape index (κ1) is 23.6. The molecule has 6 rings (SSSR count). The monoisotopic (exact) mass is 508 g/mol. The number of hydrogen-bond donors (Lipinski definition) is 1. The van der Waals surface area contributed by atoms with Gasteiger partial charge >= 0.3 is 0 Å². The van der Waals surface area contributed by atoms with Crippen molar-refractivity contribution < 1.29 is 0 Å². The second kappa shape index (κ2) is 10.7. The molecular weight excluding hydrogens is 480 g/mol. The van der Waals surface area contributed by atoms with Crippen molar-refractivity contribution in [3.8, 4) is 17.1 Å². The van der Waals surface area contributed by atoms with Crippen LogP contribution in [0.15, 0.2) is 90.2 Å². The number of rotatable bonds is 7. The Bertz CT molecular complexity index is 1540. The van der Waals surface area contributed by atoms with Crippen LogP contribution >= 0.6 is 11.6 Å². The molecule has 1 aromatic heterocycles. The molecule has 1 saturated heterocycles. The van der Waals surface area contributed by atoms with Gasteiger partial charge in [-0.3, -0.25) is 9.98 Å². The van der Waals surface area contributed by atoms with E-state index < -0.39 is 0 Å². The van der Waals surface area contributed by atoms with Crippen LogP contribution in [-0.4, -0.2) is 45.6 Å². The van der Waals surface area contributed by atoms with Crippen molar-refractivity contribution in [2.75, 3.05) is 31.5 Å². The van der Waals surface area contributed by atoms with Crippen LogP contribution in [-0.2, 0) is 0 Å². The van der Waals surface area contributed by atoms with E-state index in [4.69, 9.17) is 21.6 Å². The summed E-state index contributed by atoms with van der Waals surface area (Å²) < 4.78 is 2.24. The number of halogens is 1. The van der Waals surface area contributed by atoms with Gasteiger partial charge in [0.1, 0.15) is 0 Å². The highest BCUT2D eigenvalue weighted by Crippen LogP contribution is 2.30. The predicted molar refractivity (Wildman–Crippen MR) is 151 cm³/mol. The summed E-state index contributed by atoms with van der Waals surface area (Å²) >= 11 is 6.22. The number of hydrogen-bond acceptors (Lipinski definition) is 5. The van der Waals surface area contributed by atoms with E-state index in [2.05, 4.69) is 38.0 Å². The van der Waals surface area contributed by atoms with Crippen molar-refractivity contribution in [3.63, 3.8) is 0 Å². The summed E-state index contributed by atoms with van der Waals surface area (Å²) in [5, 5.41) is 5.15. The Balaban J connectivity index is 1.49. The molecule has 0 spiro atoms. The molecule has 186 valence electrons. The minimum Gasteiger partial charge on any atom is -0.352 e. The summed E-state index contributed by atoms with van der Waals surface area (Å²) in [6.07, 6.45) is 7.26. The Morgan fingerprint density at radius 1 is 0.946 bits per heavy atom. The lowest BCUT2D eigenvalue weighted by atomic mass is 10.1. The Morgan fingerprint density at radius 3 is 2.59 bits per heavy atom. The van der Waals surface area contributed by atoms with E-state index in [0.29, 0.717) is 5.02 Å². The van der Waals surface area contributed by atoms with Gasteiger partial charge < -0.3 is 14.8 Å². The van der Waals surface area contributed by atoms with Crippen molar-refractivity contribution >= 4 is 34.0 Å². The van der Waals surface area contributed by atoms with Gasteiger partial charge in [0.15, 0.2) is 0 Å². The zero-order chi connectivity index (χ0) is 25.0. The highest BCUT2D eigenvalue weighted by molar-refractivity contribution is 6.30. The van der Waals surface area contributed by atoms with E-state index >= 15 is 0 Å². The van der Waals surface area contributed by atoms with Crippen LogP contribution in [0, 0.1) is 0 Å². The quantitative estimate of drug-likeness (QED) is 0.207. The first-order chi connectivity index (χ1) is 18.2. The minimum atomic E-state index is 0.712. The number of nitrogens with zero attached hydrogens (tertiary/aromatic N) is 5. The summed E-state index contributed by atoms with van der Waals surface area (Å²) in [5.41, 5.74) is 6.71. The van der Waals surface area contributed by atoms with Gasteiger partial charge in [0.2, 0.25) is 0 Å². The van der Waals surface area contributed by atoms with Crippen LogP contribution in [0.25, 0.3) is 28.1 Å². The maximum Gasteiger partial charge on any atom is 0.0900 e. The number of fused-ring (bicyclic) bond motifs is 2. The lowest BCUT2D eigenvalue weighted by molar-refractivity contribution is 0.336. The largest absolute Gasteiger partial charge is 0.352 e. The fourth-order valence-corrected chi connectivity index (χ4v) is 5.16. The second-order valence-corrected chi connectivity index (χ2v) is 9.86. The summed E-state index contributed by atoms with van der Waals surface area (Å²) in [6.45, 7) is 4.29. The molecule has 7 heteroatoms. The SMILES string of the molecule is Clc1ccc(-n2c3cc(=NCCCN4CCCC4)c(Nc4cccnc4)cc-3nc3ccccc32)cc1. The van der Waals surface area contributed by atoms with Crippen molar-refractivity contribution in [2.24, 2.45) is 4.99 Å². The third-order valence-electron chi connectivity index (χ3n) is 6.84. The van der Waals surface area contributed by atoms with Gasteiger partial charge in [-0.2, -0.15) is 0 Å². The number of nitrogens with one attached hydrogen (secondary N) is 1. The fourth-order valence-electron chi connectivity index (χ4n) is 5.03.